The number of hydrogen-bond donors (Lipinski definition) is 0. The van der Waals surface area contributed by atoms with E-state index < -0.39 is 6.10 Å². The smallest absolute Gasteiger partial charge is 0.263 e. The highest BCUT2D eigenvalue weighted by atomic mass is 16.5. The number of amides is 1. The van der Waals surface area contributed by atoms with Crippen LogP contribution in [-0.4, -0.2) is 53.0 Å². The molecule has 0 unspecified atom stereocenters. The molecule has 6 nitrogen and oxygen atoms in total. The Balaban J connectivity index is 1.70. The van der Waals surface area contributed by atoms with Gasteiger partial charge in [0.25, 0.3) is 5.91 Å². The van der Waals surface area contributed by atoms with Gasteiger partial charge in [-0.15, -0.1) is 5.10 Å². The predicted molar refractivity (Wildman–Crippen MR) is 85.8 cm³/mol. The molecule has 1 aromatic carbocycles. The first-order valence-corrected chi connectivity index (χ1v) is 7.80. The molecule has 122 valence electrons. The molecule has 1 atom stereocenters. The minimum absolute atomic E-state index is 0.0260. The molecule has 0 radical (unpaired) electrons. The van der Waals surface area contributed by atoms with Gasteiger partial charge in [0, 0.05) is 24.8 Å². The molecule has 1 aliphatic rings. The molecule has 2 heterocycles. The first-order valence-electron chi connectivity index (χ1n) is 7.80. The Morgan fingerprint density at radius 3 is 2.65 bits per heavy atom. The Kier molecular flexibility index (Phi) is 4.62. The van der Waals surface area contributed by atoms with Crippen molar-refractivity contribution < 1.29 is 14.3 Å². The molecule has 1 amide bonds. The number of carbonyl (C=O) groups excluding carboxylic acids is 1. The highest BCUT2D eigenvalue weighted by Crippen LogP contribution is 2.19. The molecule has 0 bridgehead atoms. The molecule has 1 aromatic heterocycles. The molecule has 1 fully saturated rings. The summed E-state index contributed by atoms with van der Waals surface area (Å²) in [6.45, 7) is 6.08. The van der Waals surface area contributed by atoms with Crippen molar-refractivity contribution in [3.05, 3.63) is 42.1 Å². The standard InChI is InChI=1S/C17H21N3O3/c1-13-12-20(15-6-4-3-5-7-15)18-16(13)23-14(2)17(21)19-8-10-22-11-9-19/h3-7,12,14H,8-11H2,1-2H3/t14-/m1/s1. The zero-order valence-corrected chi connectivity index (χ0v) is 13.4. The van der Waals surface area contributed by atoms with Gasteiger partial charge < -0.3 is 14.4 Å². The minimum Gasteiger partial charge on any atom is -0.463 e. The number of aromatic nitrogens is 2. The van der Waals surface area contributed by atoms with E-state index in [0.29, 0.717) is 32.2 Å². The maximum absolute atomic E-state index is 12.4. The van der Waals surface area contributed by atoms with Crippen LogP contribution in [0.25, 0.3) is 5.69 Å². The molecule has 23 heavy (non-hydrogen) atoms. The lowest BCUT2D eigenvalue weighted by Crippen LogP contribution is -2.46. The number of ether oxygens (including phenoxy) is 2. The maximum atomic E-state index is 12.4. The fourth-order valence-electron chi connectivity index (χ4n) is 2.53. The summed E-state index contributed by atoms with van der Waals surface area (Å²) >= 11 is 0. The van der Waals surface area contributed by atoms with Gasteiger partial charge in [-0.25, -0.2) is 4.68 Å². The molecule has 1 aliphatic heterocycles. The monoisotopic (exact) mass is 315 g/mol. The Labute approximate surface area is 135 Å². The van der Waals surface area contributed by atoms with Crippen molar-refractivity contribution in [2.45, 2.75) is 20.0 Å². The third kappa shape index (κ3) is 3.53. The topological polar surface area (TPSA) is 56.6 Å². The second-order valence-corrected chi connectivity index (χ2v) is 5.60. The van der Waals surface area contributed by atoms with Gasteiger partial charge in [-0.2, -0.15) is 0 Å². The average Bonchev–Trinajstić information content (AvgIpc) is 2.96. The zero-order valence-electron chi connectivity index (χ0n) is 13.4. The first kappa shape index (κ1) is 15.6. The Morgan fingerprint density at radius 2 is 1.96 bits per heavy atom. The van der Waals surface area contributed by atoms with E-state index in [-0.39, 0.29) is 5.91 Å². The van der Waals surface area contributed by atoms with Crippen LogP contribution in [0, 0.1) is 6.92 Å². The van der Waals surface area contributed by atoms with Crippen LogP contribution in [0.3, 0.4) is 0 Å². The fourth-order valence-corrected chi connectivity index (χ4v) is 2.53. The van der Waals surface area contributed by atoms with E-state index in [4.69, 9.17) is 9.47 Å². The van der Waals surface area contributed by atoms with Crippen LogP contribution in [0.5, 0.6) is 5.88 Å². The van der Waals surface area contributed by atoms with Crippen molar-refractivity contribution >= 4 is 5.91 Å². The summed E-state index contributed by atoms with van der Waals surface area (Å²) in [6.07, 6.45) is 1.34. The van der Waals surface area contributed by atoms with Crippen LogP contribution in [0.2, 0.25) is 0 Å². The van der Waals surface area contributed by atoms with Gasteiger partial charge in [-0.05, 0) is 26.0 Å². The maximum Gasteiger partial charge on any atom is 0.263 e. The molecule has 0 spiro atoms. The average molecular weight is 315 g/mol. The van der Waals surface area contributed by atoms with Crippen molar-refractivity contribution in [3.63, 3.8) is 0 Å². The molecule has 3 rings (SSSR count). The summed E-state index contributed by atoms with van der Waals surface area (Å²) in [4.78, 5) is 14.2. The highest BCUT2D eigenvalue weighted by molar-refractivity contribution is 5.81. The van der Waals surface area contributed by atoms with Crippen molar-refractivity contribution in [1.29, 1.82) is 0 Å². The Bertz CT molecular complexity index is 663. The quantitative estimate of drug-likeness (QED) is 0.863. The summed E-state index contributed by atoms with van der Waals surface area (Å²) < 4.78 is 12.8. The van der Waals surface area contributed by atoms with Crippen LogP contribution in [-0.2, 0) is 9.53 Å². The normalized spacial score (nSPS) is 16.2. The predicted octanol–water partition coefficient (Wildman–Crippen LogP) is 1.81. The number of hydrogen-bond acceptors (Lipinski definition) is 4. The number of rotatable bonds is 4. The SMILES string of the molecule is Cc1cn(-c2ccccc2)nc1O[C@H](C)C(=O)N1CCOCC1. The lowest BCUT2D eigenvalue weighted by Gasteiger charge is -2.29. The number of para-hydroxylation sites is 1. The lowest BCUT2D eigenvalue weighted by molar-refractivity contribution is -0.142. The fraction of sp³-hybridized carbons (Fsp3) is 0.412. The van der Waals surface area contributed by atoms with E-state index in [1.807, 2.05) is 43.5 Å². The Hall–Kier alpha value is -2.34. The van der Waals surface area contributed by atoms with Gasteiger partial charge in [-0.1, -0.05) is 18.2 Å². The second kappa shape index (κ2) is 6.83. The van der Waals surface area contributed by atoms with Gasteiger partial charge >= 0.3 is 0 Å². The molecule has 0 aliphatic carbocycles. The molecule has 2 aromatic rings. The lowest BCUT2D eigenvalue weighted by atomic mass is 10.3. The van der Waals surface area contributed by atoms with Crippen LogP contribution < -0.4 is 4.74 Å². The third-order valence-corrected chi connectivity index (χ3v) is 3.83. The van der Waals surface area contributed by atoms with E-state index in [9.17, 15) is 4.79 Å². The molecule has 0 saturated carbocycles. The van der Waals surface area contributed by atoms with Crippen molar-refractivity contribution in [2.75, 3.05) is 26.3 Å². The van der Waals surface area contributed by atoms with Gasteiger partial charge in [-0.3, -0.25) is 4.79 Å². The molecule has 6 heteroatoms. The summed E-state index contributed by atoms with van der Waals surface area (Å²) in [6, 6.07) is 9.81. The van der Waals surface area contributed by atoms with Gasteiger partial charge in [0.15, 0.2) is 6.10 Å². The van der Waals surface area contributed by atoms with Crippen LogP contribution >= 0.6 is 0 Å². The van der Waals surface area contributed by atoms with Gasteiger partial charge in [0.05, 0.1) is 18.9 Å². The Morgan fingerprint density at radius 1 is 1.26 bits per heavy atom. The number of carbonyl (C=O) groups is 1. The first-order chi connectivity index (χ1) is 11.1. The number of aryl methyl sites for hydroxylation is 1. The van der Waals surface area contributed by atoms with E-state index in [1.165, 1.54) is 0 Å². The van der Waals surface area contributed by atoms with E-state index in [1.54, 1.807) is 16.5 Å². The van der Waals surface area contributed by atoms with E-state index >= 15 is 0 Å². The van der Waals surface area contributed by atoms with E-state index in [2.05, 4.69) is 5.10 Å². The highest BCUT2D eigenvalue weighted by Gasteiger charge is 2.25. The summed E-state index contributed by atoms with van der Waals surface area (Å²) in [5.41, 5.74) is 1.85. The van der Waals surface area contributed by atoms with Crippen LogP contribution in [0.4, 0.5) is 0 Å². The molecule has 1 saturated heterocycles. The summed E-state index contributed by atoms with van der Waals surface area (Å²) in [7, 11) is 0. The largest absolute Gasteiger partial charge is 0.463 e. The van der Waals surface area contributed by atoms with Crippen molar-refractivity contribution in [3.8, 4) is 11.6 Å². The van der Waals surface area contributed by atoms with Crippen molar-refractivity contribution in [1.82, 2.24) is 14.7 Å². The number of nitrogens with zero attached hydrogens (tertiary/aromatic N) is 3. The van der Waals surface area contributed by atoms with Crippen molar-refractivity contribution in [2.24, 2.45) is 0 Å². The van der Waals surface area contributed by atoms with Crippen LogP contribution in [0.1, 0.15) is 12.5 Å². The summed E-state index contributed by atoms with van der Waals surface area (Å²) in [5.74, 6) is 0.463. The van der Waals surface area contributed by atoms with Crippen LogP contribution in [0.15, 0.2) is 36.5 Å². The number of morpholine rings is 1. The number of benzene rings is 1. The summed E-state index contributed by atoms with van der Waals surface area (Å²) in [5, 5.41) is 4.45. The third-order valence-electron chi connectivity index (χ3n) is 3.83. The van der Waals surface area contributed by atoms with Gasteiger partial charge in [0.2, 0.25) is 5.88 Å². The zero-order chi connectivity index (χ0) is 16.2. The molecular weight excluding hydrogens is 294 g/mol. The minimum atomic E-state index is -0.564. The molecular formula is C17H21N3O3. The second-order valence-electron chi connectivity index (χ2n) is 5.60. The van der Waals surface area contributed by atoms with E-state index in [0.717, 1.165) is 11.3 Å². The molecule has 0 N–H and O–H groups in total. The van der Waals surface area contributed by atoms with Gasteiger partial charge in [0.1, 0.15) is 0 Å².